The normalized spacial score (nSPS) is 21.5. The molecule has 1 aromatic carbocycles. The molecule has 0 saturated heterocycles. The molecule has 1 fully saturated rings. The van der Waals surface area contributed by atoms with Gasteiger partial charge in [0.25, 0.3) is 0 Å². The Balaban J connectivity index is 1.76. The monoisotopic (exact) mass is 397 g/mol. The van der Waals surface area contributed by atoms with Crippen molar-refractivity contribution < 1.29 is 9.53 Å². The molecule has 29 heavy (non-hydrogen) atoms. The summed E-state index contributed by atoms with van der Waals surface area (Å²) >= 11 is 0. The molecule has 160 valence electrons. The molecule has 0 aliphatic heterocycles. The van der Waals surface area contributed by atoms with E-state index in [0.717, 1.165) is 44.9 Å². The van der Waals surface area contributed by atoms with Gasteiger partial charge in [0.1, 0.15) is 6.10 Å². The molecule has 0 unspecified atom stereocenters. The summed E-state index contributed by atoms with van der Waals surface area (Å²) in [6.45, 7) is 4.43. The Kier molecular flexibility index (Phi) is 10.3. The molecule has 0 N–H and O–H groups in total. The molecule has 1 aliphatic rings. The molecule has 3 heteroatoms. The predicted octanol–water partition coefficient (Wildman–Crippen LogP) is 7.39. The van der Waals surface area contributed by atoms with Gasteiger partial charge in [-0.1, -0.05) is 70.9 Å². The van der Waals surface area contributed by atoms with Gasteiger partial charge in [-0.05, 0) is 62.6 Å². The van der Waals surface area contributed by atoms with E-state index in [0.29, 0.717) is 5.56 Å². The van der Waals surface area contributed by atoms with Gasteiger partial charge in [0.05, 0.1) is 17.0 Å². The Morgan fingerprint density at radius 2 is 1.62 bits per heavy atom. The first kappa shape index (κ1) is 23.5. The highest BCUT2D eigenvalue weighted by atomic mass is 16.5. The number of esters is 1. The van der Waals surface area contributed by atoms with Crippen molar-refractivity contribution in [3.63, 3.8) is 0 Å². The van der Waals surface area contributed by atoms with Crippen molar-refractivity contribution in [2.24, 2.45) is 5.41 Å². The highest BCUT2D eigenvalue weighted by Gasteiger charge is 2.36. The molecule has 0 atom stereocenters. The van der Waals surface area contributed by atoms with Crippen LogP contribution in [-0.4, -0.2) is 12.1 Å². The van der Waals surface area contributed by atoms with E-state index >= 15 is 0 Å². The zero-order chi connectivity index (χ0) is 21.0. The lowest BCUT2D eigenvalue weighted by atomic mass is 9.71. The number of hydrogen-bond acceptors (Lipinski definition) is 3. The van der Waals surface area contributed by atoms with Crippen LogP contribution in [0.3, 0.4) is 0 Å². The van der Waals surface area contributed by atoms with Crippen LogP contribution in [0.4, 0.5) is 0 Å². The number of carbonyl (C=O) groups is 1. The number of aryl methyl sites for hydroxylation is 1. The lowest BCUT2D eigenvalue weighted by molar-refractivity contribution is 0.0105. The van der Waals surface area contributed by atoms with Crippen LogP contribution in [0, 0.1) is 16.7 Å². The van der Waals surface area contributed by atoms with E-state index in [2.05, 4.69) is 19.9 Å². The molecular formula is C26H39NO2. The smallest absolute Gasteiger partial charge is 0.338 e. The summed E-state index contributed by atoms with van der Waals surface area (Å²) in [5.74, 6) is -0.223. The molecule has 0 aromatic heterocycles. The van der Waals surface area contributed by atoms with Crippen LogP contribution in [-0.2, 0) is 11.2 Å². The van der Waals surface area contributed by atoms with Gasteiger partial charge in [-0.3, -0.25) is 0 Å². The van der Waals surface area contributed by atoms with Crippen LogP contribution < -0.4 is 0 Å². The van der Waals surface area contributed by atoms with E-state index in [9.17, 15) is 10.1 Å². The van der Waals surface area contributed by atoms with Gasteiger partial charge >= 0.3 is 5.97 Å². The summed E-state index contributed by atoms with van der Waals surface area (Å²) in [5.41, 5.74) is 1.72. The average molecular weight is 398 g/mol. The third kappa shape index (κ3) is 7.84. The van der Waals surface area contributed by atoms with Crippen LogP contribution in [0.5, 0.6) is 0 Å². The molecule has 0 radical (unpaired) electrons. The van der Waals surface area contributed by atoms with Crippen LogP contribution in [0.2, 0.25) is 0 Å². The van der Waals surface area contributed by atoms with Crippen LogP contribution in [0.15, 0.2) is 24.3 Å². The van der Waals surface area contributed by atoms with Gasteiger partial charge in [-0.2, -0.15) is 5.26 Å². The second-order valence-electron chi connectivity index (χ2n) is 8.82. The summed E-state index contributed by atoms with van der Waals surface area (Å²) in [6, 6.07) is 10.5. The number of benzene rings is 1. The second kappa shape index (κ2) is 12.7. The van der Waals surface area contributed by atoms with Crippen LogP contribution in [0.25, 0.3) is 0 Å². The lowest BCUT2D eigenvalue weighted by Crippen LogP contribution is -2.31. The van der Waals surface area contributed by atoms with E-state index in [1.165, 1.54) is 50.5 Å². The standard InChI is InChI=1S/C26H39NO2/c1-3-5-7-8-10-18-26(21-27)19-16-24(17-20-26)29-25(28)23-14-12-22(13-15-23)11-9-6-4-2/h12-15,24H,3-11,16-20H2,1-2H3/t24-,26-. The third-order valence-electron chi connectivity index (χ3n) is 6.42. The number of unbranched alkanes of at least 4 members (excludes halogenated alkanes) is 6. The van der Waals surface area contributed by atoms with Gasteiger partial charge in [0.2, 0.25) is 0 Å². The third-order valence-corrected chi connectivity index (χ3v) is 6.42. The highest BCUT2D eigenvalue weighted by Crippen LogP contribution is 2.41. The minimum Gasteiger partial charge on any atom is -0.459 e. The van der Waals surface area contributed by atoms with E-state index in [1.807, 2.05) is 24.3 Å². The maximum atomic E-state index is 12.5. The van der Waals surface area contributed by atoms with E-state index < -0.39 is 0 Å². The Morgan fingerprint density at radius 1 is 1.00 bits per heavy atom. The topological polar surface area (TPSA) is 50.1 Å². The van der Waals surface area contributed by atoms with Crippen LogP contribution in [0.1, 0.15) is 113 Å². The van der Waals surface area contributed by atoms with Crippen molar-refractivity contribution in [3.05, 3.63) is 35.4 Å². The zero-order valence-corrected chi connectivity index (χ0v) is 18.5. The molecule has 1 aliphatic carbocycles. The molecule has 0 spiro atoms. The molecule has 1 saturated carbocycles. The number of hydrogen-bond donors (Lipinski definition) is 0. The maximum absolute atomic E-state index is 12.5. The number of carbonyl (C=O) groups excluding carboxylic acids is 1. The van der Waals surface area contributed by atoms with Gasteiger partial charge in [0, 0.05) is 0 Å². The first-order valence-electron chi connectivity index (χ1n) is 11.8. The van der Waals surface area contributed by atoms with E-state index in [1.54, 1.807) is 0 Å². The average Bonchev–Trinajstić information content (AvgIpc) is 2.75. The van der Waals surface area contributed by atoms with E-state index in [4.69, 9.17) is 4.74 Å². The molecule has 0 bridgehead atoms. The number of nitrogens with zero attached hydrogens (tertiary/aromatic N) is 1. The van der Waals surface area contributed by atoms with Crippen molar-refractivity contribution in [1.29, 1.82) is 5.26 Å². The Hall–Kier alpha value is -1.82. The molecular weight excluding hydrogens is 358 g/mol. The van der Waals surface area contributed by atoms with Gasteiger partial charge < -0.3 is 4.74 Å². The van der Waals surface area contributed by atoms with Crippen molar-refractivity contribution in [1.82, 2.24) is 0 Å². The predicted molar refractivity (Wildman–Crippen MR) is 119 cm³/mol. The Bertz CT molecular complexity index is 636. The Labute approximate surface area is 177 Å². The van der Waals surface area contributed by atoms with Gasteiger partial charge in [0.15, 0.2) is 0 Å². The summed E-state index contributed by atoms with van der Waals surface area (Å²) in [6.07, 6.45) is 15.2. The molecule has 0 heterocycles. The molecule has 3 nitrogen and oxygen atoms in total. The van der Waals surface area contributed by atoms with Crippen LogP contribution >= 0.6 is 0 Å². The SMILES string of the molecule is CCCCCCC[C@]1(C#N)CC[C@H](OC(=O)c2ccc(CCCCC)cc2)CC1. The van der Waals surface area contributed by atoms with E-state index in [-0.39, 0.29) is 17.5 Å². The zero-order valence-electron chi connectivity index (χ0n) is 18.5. The Morgan fingerprint density at radius 3 is 2.24 bits per heavy atom. The van der Waals surface area contributed by atoms with Crippen molar-refractivity contribution in [2.45, 2.75) is 110 Å². The number of ether oxygens (including phenoxy) is 1. The fourth-order valence-corrected chi connectivity index (χ4v) is 4.35. The minimum atomic E-state index is -0.223. The largest absolute Gasteiger partial charge is 0.459 e. The highest BCUT2D eigenvalue weighted by molar-refractivity contribution is 5.89. The quantitative estimate of drug-likeness (QED) is 0.273. The van der Waals surface area contributed by atoms with Crippen molar-refractivity contribution >= 4 is 5.97 Å². The molecule has 0 amide bonds. The first-order valence-corrected chi connectivity index (χ1v) is 11.8. The van der Waals surface area contributed by atoms with Crippen molar-refractivity contribution in [2.75, 3.05) is 0 Å². The first-order chi connectivity index (χ1) is 14.1. The second-order valence-corrected chi connectivity index (χ2v) is 8.82. The fraction of sp³-hybridized carbons (Fsp3) is 0.692. The maximum Gasteiger partial charge on any atom is 0.338 e. The van der Waals surface area contributed by atoms with Crippen molar-refractivity contribution in [3.8, 4) is 6.07 Å². The fourth-order valence-electron chi connectivity index (χ4n) is 4.35. The minimum absolute atomic E-state index is 0.0479. The summed E-state index contributed by atoms with van der Waals surface area (Å²) < 4.78 is 5.76. The summed E-state index contributed by atoms with van der Waals surface area (Å²) in [5, 5.41) is 9.74. The van der Waals surface area contributed by atoms with Gasteiger partial charge in [-0.15, -0.1) is 0 Å². The molecule has 2 rings (SSSR count). The number of rotatable bonds is 12. The molecule has 1 aromatic rings. The summed E-state index contributed by atoms with van der Waals surface area (Å²) in [7, 11) is 0. The van der Waals surface area contributed by atoms with Gasteiger partial charge in [-0.25, -0.2) is 4.79 Å². The number of nitriles is 1. The lowest BCUT2D eigenvalue weighted by Gasteiger charge is -2.34. The summed E-state index contributed by atoms with van der Waals surface area (Å²) in [4.78, 5) is 12.5.